The lowest BCUT2D eigenvalue weighted by Crippen LogP contribution is -2.53. The van der Waals surface area contributed by atoms with Crippen molar-refractivity contribution in [3.8, 4) is 0 Å². The van der Waals surface area contributed by atoms with Gasteiger partial charge in [-0.3, -0.25) is 14.9 Å². The van der Waals surface area contributed by atoms with Crippen molar-refractivity contribution in [2.24, 2.45) is 23.2 Å². The molecule has 4 aliphatic rings. The van der Waals surface area contributed by atoms with Crippen LogP contribution in [0.15, 0.2) is 9.50 Å². The first-order valence-electron chi connectivity index (χ1n) is 12.1. The second-order valence-electron chi connectivity index (χ2n) is 9.67. The van der Waals surface area contributed by atoms with Gasteiger partial charge in [0.2, 0.25) is 16.9 Å². The van der Waals surface area contributed by atoms with Crippen LogP contribution >= 0.6 is 34.9 Å². The van der Waals surface area contributed by atoms with Crippen molar-refractivity contribution < 1.29 is 9.59 Å². The van der Waals surface area contributed by atoms with Crippen LogP contribution in [0.25, 0.3) is 0 Å². The molecule has 2 heterocycles. The van der Waals surface area contributed by atoms with E-state index in [-0.39, 0.29) is 23.0 Å². The van der Waals surface area contributed by atoms with Gasteiger partial charge in [-0.05, 0) is 69.0 Å². The van der Waals surface area contributed by atoms with Gasteiger partial charge in [0.1, 0.15) is 0 Å². The van der Waals surface area contributed by atoms with Gasteiger partial charge in [0.25, 0.3) is 0 Å². The number of aromatic nitrogens is 5. The maximum atomic E-state index is 13.3. The number of hydrogen-bond donors (Lipinski definition) is 2. The van der Waals surface area contributed by atoms with Crippen molar-refractivity contribution in [2.75, 3.05) is 16.8 Å². The van der Waals surface area contributed by atoms with E-state index in [1.54, 1.807) is 11.8 Å². The van der Waals surface area contributed by atoms with Crippen LogP contribution in [-0.4, -0.2) is 48.3 Å². The van der Waals surface area contributed by atoms with Crippen LogP contribution in [0.5, 0.6) is 0 Å². The smallest absolute Gasteiger partial charge is 0.236 e. The molecule has 0 radical (unpaired) electrons. The first kappa shape index (κ1) is 24.1. The van der Waals surface area contributed by atoms with Gasteiger partial charge < -0.3 is 9.88 Å². The molecule has 4 fully saturated rings. The number of anilines is 1. The molecule has 0 spiro atoms. The highest BCUT2D eigenvalue weighted by molar-refractivity contribution is 8.01. The highest BCUT2D eigenvalue weighted by atomic mass is 32.2. The Bertz CT molecular complexity index is 1020. The second kappa shape index (κ2) is 10.1. The number of thioether (sulfide) groups is 2. The van der Waals surface area contributed by atoms with Gasteiger partial charge in [-0.25, -0.2) is 0 Å². The van der Waals surface area contributed by atoms with Gasteiger partial charge in [0.15, 0.2) is 15.3 Å². The van der Waals surface area contributed by atoms with Crippen molar-refractivity contribution >= 4 is 51.8 Å². The molecule has 0 aromatic carbocycles. The first-order chi connectivity index (χ1) is 16.5. The molecule has 9 nitrogen and oxygen atoms in total. The van der Waals surface area contributed by atoms with Crippen molar-refractivity contribution in [1.82, 2.24) is 30.3 Å². The highest BCUT2D eigenvalue weighted by Crippen LogP contribution is 2.60. The van der Waals surface area contributed by atoms with Gasteiger partial charge in [0.05, 0.1) is 12.3 Å². The Morgan fingerprint density at radius 1 is 1.03 bits per heavy atom. The quantitative estimate of drug-likeness (QED) is 0.358. The summed E-state index contributed by atoms with van der Waals surface area (Å²) in [5.41, 5.74) is -0.165. The molecule has 2 N–H and O–H groups in total. The topological polar surface area (TPSA) is 115 Å². The number of rotatable bonds is 10. The largest absolute Gasteiger partial charge is 0.348 e. The van der Waals surface area contributed by atoms with Crippen LogP contribution in [0, 0.1) is 23.2 Å². The van der Waals surface area contributed by atoms with E-state index in [4.69, 9.17) is 0 Å². The van der Waals surface area contributed by atoms with Crippen molar-refractivity contribution in [3.05, 3.63) is 5.82 Å². The Morgan fingerprint density at radius 3 is 2.38 bits per heavy atom. The third-order valence-corrected chi connectivity index (χ3v) is 10.1. The van der Waals surface area contributed by atoms with E-state index >= 15 is 0 Å². The fraction of sp³-hybridized carbons (Fsp3) is 0.727. The molecule has 184 valence electrons. The van der Waals surface area contributed by atoms with Crippen LogP contribution < -0.4 is 10.6 Å². The summed E-state index contributed by atoms with van der Waals surface area (Å²) >= 11 is 4.31. The summed E-state index contributed by atoms with van der Waals surface area (Å²) in [6.45, 7) is 5.12. The zero-order valence-corrected chi connectivity index (χ0v) is 22.0. The van der Waals surface area contributed by atoms with Gasteiger partial charge >= 0.3 is 0 Å². The maximum absolute atomic E-state index is 13.3. The van der Waals surface area contributed by atoms with Crippen molar-refractivity contribution in [3.63, 3.8) is 0 Å². The molecule has 0 aliphatic heterocycles. The van der Waals surface area contributed by atoms with Crippen molar-refractivity contribution in [2.45, 2.75) is 75.0 Å². The Kier molecular flexibility index (Phi) is 7.17. The standard InChI is InChI=1S/C22H31N7O2S3/c1-3-29-16(11-23-18(31)22-8-13-5-14(9-22)7-15(6-13)10-22)25-27-20(29)33-12-17(30)24-19-26-28-21(34-19)32-4-2/h13-15H,3-12H2,1-2H3,(H,23,31)(H,24,26,30). The van der Waals surface area contributed by atoms with Gasteiger partial charge in [-0.1, -0.05) is 41.8 Å². The minimum absolute atomic E-state index is 0.156. The fourth-order valence-corrected chi connectivity index (χ4v) is 8.82. The first-order valence-corrected chi connectivity index (χ1v) is 14.9. The van der Waals surface area contributed by atoms with Gasteiger partial charge in [-0.2, -0.15) is 0 Å². The number of hydrogen-bond acceptors (Lipinski definition) is 9. The van der Waals surface area contributed by atoms with Crippen LogP contribution in [0.4, 0.5) is 5.13 Å². The minimum Gasteiger partial charge on any atom is -0.348 e. The lowest BCUT2D eigenvalue weighted by Gasteiger charge is -2.55. The Morgan fingerprint density at radius 2 is 1.74 bits per heavy atom. The molecule has 0 atom stereocenters. The van der Waals surface area contributed by atoms with E-state index in [0.29, 0.717) is 23.4 Å². The van der Waals surface area contributed by atoms with E-state index < -0.39 is 0 Å². The molecule has 12 heteroatoms. The third-order valence-electron chi connectivity index (χ3n) is 7.29. The molecular weight excluding hydrogens is 490 g/mol. The molecule has 0 saturated heterocycles. The predicted octanol–water partition coefficient (Wildman–Crippen LogP) is 3.82. The van der Waals surface area contributed by atoms with Crippen LogP contribution in [-0.2, 0) is 22.7 Å². The summed E-state index contributed by atoms with van der Waals surface area (Å²) in [5.74, 6) is 4.10. The predicted molar refractivity (Wildman–Crippen MR) is 134 cm³/mol. The summed E-state index contributed by atoms with van der Waals surface area (Å²) in [6, 6.07) is 0. The number of nitrogens with zero attached hydrogens (tertiary/aromatic N) is 5. The van der Waals surface area contributed by atoms with Gasteiger partial charge in [0, 0.05) is 12.0 Å². The summed E-state index contributed by atoms with van der Waals surface area (Å²) in [5, 5.41) is 23.8. The fourth-order valence-electron chi connectivity index (χ4n) is 6.34. The normalized spacial score (nSPS) is 27.2. The van der Waals surface area contributed by atoms with E-state index in [1.807, 2.05) is 18.4 Å². The summed E-state index contributed by atoms with van der Waals surface area (Å²) in [6.07, 6.45) is 7.12. The number of carbonyl (C=O) groups is 2. The molecule has 4 saturated carbocycles. The molecule has 4 aliphatic carbocycles. The van der Waals surface area contributed by atoms with E-state index in [0.717, 1.165) is 52.9 Å². The van der Waals surface area contributed by atoms with E-state index in [9.17, 15) is 9.59 Å². The maximum Gasteiger partial charge on any atom is 0.236 e. The molecule has 34 heavy (non-hydrogen) atoms. The summed E-state index contributed by atoms with van der Waals surface area (Å²) in [4.78, 5) is 25.6. The zero-order valence-electron chi connectivity index (χ0n) is 19.6. The van der Waals surface area contributed by atoms with Crippen molar-refractivity contribution in [1.29, 1.82) is 0 Å². The lowest BCUT2D eigenvalue weighted by atomic mass is 9.49. The Hall–Kier alpha value is -1.66. The van der Waals surface area contributed by atoms with Crippen LogP contribution in [0.2, 0.25) is 0 Å². The van der Waals surface area contributed by atoms with Crippen LogP contribution in [0.3, 0.4) is 0 Å². The molecule has 0 unspecified atom stereocenters. The average molecular weight is 522 g/mol. The molecule has 4 bridgehead atoms. The number of nitrogens with one attached hydrogen (secondary N) is 2. The number of carbonyl (C=O) groups excluding carboxylic acids is 2. The Balaban J connectivity index is 1.15. The zero-order chi connectivity index (χ0) is 23.7. The Labute approximate surface area is 212 Å². The third kappa shape index (κ3) is 4.99. The molecule has 6 rings (SSSR count). The number of amides is 2. The van der Waals surface area contributed by atoms with E-state index in [1.165, 1.54) is 42.4 Å². The molecule has 2 aromatic heterocycles. The second-order valence-corrected chi connectivity index (χ2v) is 13.1. The SMILES string of the molecule is CCSc1nnc(NC(=O)CSc2nnc(CNC(=O)C34CC5CC(CC(C5)C3)C4)n2CC)s1. The van der Waals surface area contributed by atoms with Gasteiger partial charge in [-0.15, -0.1) is 20.4 Å². The summed E-state index contributed by atoms with van der Waals surface area (Å²) < 4.78 is 2.81. The average Bonchev–Trinajstić information content (AvgIpc) is 3.41. The van der Waals surface area contributed by atoms with E-state index in [2.05, 4.69) is 31.0 Å². The highest BCUT2D eigenvalue weighted by Gasteiger charge is 2.54. The molecule has 2 aromatic rings. The van der Waals surface area contributed by atoms with Crippen LogP contribution in [0.1, 0.15) is 58.2 Å². The monoisotopic (exact) mass is 521 g/mol. The summed E-state index contributed by atoms with van der Waals surface area (Å²) in [7, 11) is 0. The lowest BCUT2D eigenvalue weighted by molar-refractivity contribution is -0.146. The minimum atomic E-state index is -0.165. The molecular formula is C22H31N7O2S3. The molecule has 2 amide bonds.